The van der Waals surface area contributed by atoms with Crippen molar-refractivity contribution in [3.05, 3.63) is 71.9 Å². The number of nitrogens with zero attached hydrogens (tertiary/aromatic N) is 1. The minimum absolute atomic E-state index is 0.251. The van der Waals surface area contributed by atoms with Crippen molar-refractivity contribution in [1.29, 1.82) is 0 Å². The molecule has 0 saturated heterocycles. The largest absolute Gasteiger partial charge is 0.433 e. The highest BCUT2D eigenvalue weighted by atomic mass is 16.6. The summed E-state index contributed by atoms with van der Waals surface area (Å²) < 4.78 is 7.51. The van der Waals surface area contributed by atoms with Crippen LogP contribution in [0.5, 0.6) is 0 Å². The molecule has 3 aromatic rings. The van der Waals surface area contributed by atoms with Crippen LogP contribution in [0.15, 0.2) is 60.8 Å². The lowest BCUT2D eigenvalue weighted by atomic mass is 10.1. The highest BCUT2D eigenvalue weighted by molar-refractivity contribution is 5.94. The predicted octanol–water partition coefficient (Wildman–Crippen LogP) is 3.36. The Kier molecular flexibility index (Phi) is 2.03. The van der Waals surface area contributed by atoms with Crippen LogP contribution in [0.3, 0.4) is 0 Å². The number of hydrogen-bond acceptors (Lipinski definition) is 2. The molecule has 0 radical (unpaired) electrons. The quantitative estimate of drug-likeness (QED) is 0.619. The third kappa shape index (κ3) is 1.41. The number of benzene rings is 2. The zero-order chi connectivity index (χ0) is 12.8. The van der Waals surface area contributed by atoms with Crippen molar-refractivity contribution >= 4 is 16.9 Å². The molecular weight excluding hydrogens is 238 g/mol. The third-order valence-corrected chi connectivity index (χ3v) is 3.55. The maximum absolute atomic E-state index is 11.9. The highest BCUT2D eigenvalue weighted by Gasteiger charge is 2.32. The van der Waals surface area contributed by atoms with Crippen LogP contribution in [-0.4, -0.2) is 10.5 Å². The number of carbonyl (C=O) groups excluding carboxylic acids is 1. The molecule has 0 bridgehead atoms. The molecule has 0 fully saturated rings. The summed E-state index contributed by atoms with van der Waals surface area (Å²) in [4.78, 5) is 11.9. The molecule has 2 aromatic carbocycles. The molecule has 3 heteroatoms. The standard InChI is InChI=1S/C16H11NO2/c18-16-13-7-3-2-6-12(13)15(19-16)17-10-9-11-5-1-4-8-14(11)17/h1-10,15H. The topological polar surface area (TPSA) is 31.2 Å². The van der Waals surface area contributed by atoms with Gasteiger partial charge in [-0.05, 0) is 23.6 Å². The molecule has 2 heterocycles. The molecule has 1 unspecified atom stereocenters. The van der Waals surface area contributed by atoms with E-state index in [1.807, 2.05) is 59.3 Å². The monoisotopic (exact) mass is 249 g/mol. The summed E-state index contributed by atoms with van der Waals surface area (Å²) in [7, 11) is 0. The second-order valence-corrected chi connectivity index (χ2v) is 4.63. The first-order chi connectivity index (χ1) is 9.34. The van der Waals surface area contributed by atoms with Gasteiger partial charge in [0.1, 0.15) is 0 Å². The Labute approximate surface area is 110 Å². The molecule has 0 aliphatic carbocycles. The molecule has 1 aliphatic heterocycles. The maximum atomic E-state index is 11.9. The lowest BCUT2D eigenvalue weighted by Gasteiger charge is -2.14. The molecule has 1 aromatic heterocycles. The Morgan fingerprint density at radius 3 is 2.68 bits per heavy atom. The maximum Gasteiger partial charge on any atom is 0.340 e. The number of carbonyl (C=O) groups is 1. The Bertz CT molecular complexity index is 788. The van der Waals surface area contributed by atoms with Gasteiger partial charge >= 0.3 is 5.97 Å². The van der Waals surface area contributed by atoms with Gasteiger partial charge < -0.3 is 9.30 Å². The lowest BCUT2D eigenvalue weighted by molar-refractivity contribution is 0.0332. The van der Waals surface area contributed by atoms with Crippen LogP contribution in [0, 0.1) is 0 Å². The summed E-state index contributed by atoms with van der Waals surface area (Å²) >= 11 is 0. The first-order valence-electron chi connectivity index (χ1n) is 6.20. The Morgan fingerprint density at radius 1 is 0.947 bits per heavy atom. The first-order valence-corrected chi connectivity index (χ1v) is 6.20. The Balaban J connectivity index is 1.93. The van der Waals surface area contributed by atoms with Crippen LogP contribution in [0.25, 0.3) is 10.9 Å². The number of fused-ring (bicyclic) bond motifs is 2. The molecular formula is C16H11NO2. The van der Waals surface area contributed by atoms with E-state index in [9.17, 15) is 4.79 Å². The van der Waals surface area contributed by atoms with Gasteiger partial charge in [-0.1, -0.05) is 36.4 Å². The lowest BCUT2D eigenvalue weighted by Crippen LogP contribution is -2.08. The van der Waals surface area contributed by atoms with Crippen LogP contribution in [0.2, 0.25) is 0 Å². The number of hydrogen-bond donors (Lipinski definition) is 0. The second kappa shape index (κ2) is 3.72. The molecule has 1 aliphatic rings. The molecule has 1 atom stereocenters. The number of esters is 1. The van der Waals surface area contributed by atoms with Crippen molar-refractivity contribution in [2.24, 2.45) is 0 Å². The van der Waals surface area contributed by atoms with Crippen molar-refractivity contribution in [1.82, 2.24) is 4.57 Å². The molecule has 0 spiro atoms. The smallest absolute Gasteiger partial charge is 0.340 e. The van der Waals surface area contributed by atoms with Gasteiger partial charge in [-0.3, -0.25) is 0 Å². The van der Waals surface area contributed by atoms with E-state index in [0.717, 1.165) is 16.5 Å². The SMILES string of the molecule is O=C1OC(n2ccc3ccccc32)c2ccccc21. The third-order valence-electron chi connectivity index (χ3n) is 3.55. The van der Waals surface area contributed by atoms with Crippen LogP contribution < -0.4 is 0 Å². The van der Waals surface area contributed by atoms with Crippen molar-refractivity contribution in [2.75, 3.05) is 0 Å². The summed E-state index contributed by atoms with van der Waals surface area (Å²) in [5.41, 5.74) is 2.65. The summed E-state index contributed by atoms with van der Waals surface area (Å²) in [5.74, 6) is -0.251. The van der Waals surface area contributed by atoms with Crippen molar-refractivity contribution in [3.8, 4) is 0 Å². The average molecular weight is 249 g/mol. The number of para-hydroxylation sites is 1. The molecule has 92 valence electrons. The van der Waals surface area contributed by atoms with E-state index in [4.69, 9.17) is 4.74 Å². The number of aromatic nitrogens is 1. The summed E-state index contributed by atoms with van der Waals surface area (Å²) in [5, 5.41) is 1.14. The number of ether oxygens (including phenoxy) is 1. The van der Waals surface area contributed by atoms with Gasteiger partial charge in [0.15, 0.2) is 0 Å². The van der Waals surface area contributed by atoms with Gasteiger partial charge in [-0.2, -0.15) is 0 Å². The van der Waals surface area contributed by atoms with Gasteiger partial charge in [0.25, 0.3) is 0 Å². The van der Waals surface area contributed by atoms with E-state index in [1.165, 1.54) is 0 Å². The Hall–Kier alpha value is -2.55. The minimum atomic E-state index is -0.358. The van der Waals surface area contributed by atoms with Crippen LogP contribution in [0.4, 0.5) is 0 Å². The number of rotatable bonds is 1. The minimum Gasteiger partial charge on any atom is -0.433 e. The van der Waals surface area contributed by atoms with Crippen LogP contribution in [0.1, 0.15) is 22.1 Å². The van der Waals surface area contributed by atoms with E-state index >= 15 is 0 Å². The zero-order valence-electron chi connectivity index (χ0n) is 10.1. The van der Waals surface area contributed by atoms with E-state index < -0.39 is 0 Å². The molecule has 19 heavy (non-hydrogen) atoms. The molecule has 0 N–H and O–H groups in total. The fourth-order valence-corrected chi connectivity index (χ4v) is 2.64. The van der Waals surface area contributed by atoms with E-state index in [0.29, 0.717) is 5.56 Å². The van der Waals surface area contributed by atoms with Gasteiger partial charge in [0.05, 0.1) is 11.1 Å². The summed E-state index contributed by atoms with van der Waals surface area (Å²) in [6.45, 7) is 0. The van der Waals surface area contributed by atoms with Crippen molar-refractivity contribution < 1.29 is 9.53 Å². The average Bonchev–Trinajstić information content (AvgIpc) is 3.01. The summed E-state index contributed by atoms with van der Waals surface area (Å²) in [6.07, 6.45) is 1.61. The van der Waals surface area contributed by atoms with Gasteiger partial charge in [0.2, 0.25) is 6.23 Å². The van der Waals surface area contributed by atoms with E-state index in [1.54, 1.807) is 0 Å². The van der Waals surface area contributed by atoms with Gasteiger partial charge in [-0.25, -0.2) is 4.79 Å². The molecule has 0 amide bonds. The Morgan fingerprint density at radius 2 is 1.74 bits per heavy atom. The van der Waals surface area contributed by atoms with Crippen LogP contribution >= 0.6 is 0 Å². The normalized spacial score (nSPS) is 17.5. The second-order valence-electron chi connectivity index (χ2n) is 4.63. The summed E-state index contributed by atoms with van der Waals surface area (Å²) in [6, 6.07) is 17.6. The van der Waals surface area contributed by atoms with Gasteiger partial charge in [-0.15, -0.1) is 0 Å². The van der Waals surface area contributed by atoms with Crippen molar-refractivity contribution in [2.45, 2.75) is 6.23 Å². The zero-order valence-corrected chi connectivity index (χ0v) is 10.1. The highest BCUT2D eigenvalue weighted by Crippen LogP contribution is 2.34. The predicted molar refractivity (Wildman–Crippen MR) is 71.9 cm³/mol. The fourth-order valence-electron chi connectivity index (χ4n) is 2.64. The first kappa shape index (κ1) is 10.4. The molecule has 0 saturated carbocycles. The van der Waals surface area contributed by atoms with E-state index in [-0.39, 0.29) is 12.2 Å². The van der Waals surface area contributed by atoms with Crippen LogP contribution in [-0.2, 0) is 4.74 Å². The van der Waals surface area contributed by atoms with Crippen molar-refractivity contribution in [3.63, 3.8) is 0 Å². The molecule has 3 nitrogen and oxygen atoms in total. The van der Waals surface area contributed by atoms with Gasteiger partial charge in [0, 0.05) is 11.8 Å². The van der Waals surface area contributed by atoms with E-state index in [2.05, 4.69) is 6.07 Å². The number of cyclic esters (lactones) is 1. The molecule has 4 rings (SSSR count). The fraction of sp³-hybridized carbons (Fsp3) is 0.0625.